The maximum atomic E-state index is 12.2. The summed E-state index contributed by atoms with van der Waals surface area (Å²) in [6.07, 6.45) is 1.26. The standard InChI is InChI=1S/C15H14O2/c1-17-13(16)15-10-7-9-11(12(10)15)14(9,15)8-5-3-2-4-6-8/h2-6,9-12H,7H2,1H3. The van der Waals surface area contributed by atoms with Crippen molar-refractivity contribution in [2.45, 2.75) is 11.8 Å². The molecule has 1 aromatic carbocycles. The van der Waals surface area contributed by atoms with Crippen LogP contribution in [0.4, 0.5) is 0 Å². The van der Waals surface area contributed by atoms with Crippen molar-refractivity contribution < 1.29 is 9.53 Å². The van der Waals surface area contributed by atoms with Crippen molar-refractivity contribution in [2.75, 3.05) is 7.11 Å². The van der Waals surface area contributed by atoms with Crippen molar-refractivity contribution in [2.24, 2.45) is 29.1 Å². The first-order chi connectivity index (χ1) is 8.31. The van der Waals surface area contributed by atoms with E-state index in [9.17, 15) is 4.79 Å². The van der Waals surface area contributed by atoms with E-state index in [2.05, 4.69) is 30.3 Å². The zero-order valence-electron chi connectivity index (χ0n) is 9.72. The van der Waals surface area contributed by atoms with Crippen LogP contribution in [0.5, 0.6) is 0 Å². The zero-order chi connectivity index (χ0) is 11.4. The van der Waals surface area contributed by atoms with E-state index < -0.39 is 0 Å². The van der Waals surface area contributed by atoms with Crippen LogP contribution in [-0.2, 0) is 14.9 Å². The minimum atomic E-state index is -0.0988. The minimum Gasteiger partial charge on any atom is -0.469 e. The third-order valence-corrected chi connectivity index (χ3v) is 6.22. The lowest BCUT2D eigenvalue weighted by Gasteiger charge is -2.34. The Labute approximate surface area is 100.0 Å². The first-order valence-electron chi connectivity index (χ1n) is 6.45. The van der Waals surface area contributed by atoms with Crippen LogP contribution in [0.3, 0.4) is 0 Å². The molecule has 6 atom stereocenters. The van der Waals surface area contributed by atoms with Gasteiger partial charge in [0, 0.05) is 5.41 Å². The van der Waals surface area contributed by atoms with E-state index in [1.54, 1.807) is 0 Å². The number of hydrogen-bond acceptors (Lipinski definition) is 2. The molecule has 2 nitrogen and oxygen atoms in total. The fourth-order valence-electron chi connectivity index (χ4n) is 6.04. The second-order valence-corrected chi connectivity index (χ2v) is 6.10. The number of esters is 1. The quantitative estimate of drug-likeness (QED) is 0.721. The molecule has 0 radical (unpaired) electrons. The van der Waals surface area contributed by atoms with Crippen molar-refractivity contribution in [3.8, 4) is 0 Å². The maximum Gasteiger partial charge on any atom is 0.313 e. The van der Waals surface area contributed by atoms with Gasteiger partial charge in [-0.05, 0) is 35.7 Å². The zero-order valence-corrected chi connectivity index (χ0v) is 9.72. The summed E-state index contributed by atoms with van der Waals surface area (Å²) in [7, 11) is 1.54. The Morgan fingerprint density at radius 3 is 2.59 bits per heavy atom. The molecule has 5 aliphatic carbocycles. The summed E-state index contributed by atoms with van der Waals surface area (Å²) in [5.74, 6) is 2.95. The Morgan fingerprint density at radius 2 is 2.00 bits per heavy atom. The van der Waals surface area contributed by atoms with Crippen LogP contribution in [0.1, 0.15) is 12.0 Å². The molecule has 5 fully saturated rings. The molecule has 0 saturated heterocycles. The molecule has 0 heterocycles. The van der Waals surface area contributed by atoms with E-state index in [4.69, 9.17) is 4.74 Å². The molecular weight excluding hydrogens is 212 g/mol. The van der Waals surface area contributed by atoms with Crippen molar-refractivity contribution in [1.82, 2.24) is 0 Å². The van der Waals surface area contributed by atoms with E-state index in [-0.39, 0.29) is 16.8 Å². The normalized spacial score (nSPS) is 54.6. The Kier molecular flexibility index (Phi) is 1.11. The fraction of sp³-hybridized carbons (Fsp3) is 0.533. The summed E-state index contributed by atoms with van der Waals surface area (Å²) in [5.41, 5.74) is 1.48. The summed E-state index contributed by atoms with van der Waals surface area (Å²) in [6, 6.07) is 10.6. The minimum absolute atomic E-state index is 0.0626. The number of carbonyl (C=O) groups excluding carboxylic acids is 1. The highest BCUT2D eigenvalue weighted by Gasteiger charge is 3.07. The van der Waals surface area contributed by atoms with Crippen LogP contribution < -0.4 is 0 Å². The molecule has 0 aliphatic heterocycles. The molecule has 0 amide bonds. The molecule has 5 saturated carbocycles. The Morgan fingerprint density at radius 1 is 1.24 bits per heavy atom. The highest BCUT2D eigenvalue weighted by Crippen LogP contribution is 3.04. The third kappa shape index (κ3) is 0.548. The number of ether oxygens (including phenoxy) is 1. The second kappa shape index (κ2) is 2.16. The summed E-state index contributed by atoms with van der Waals surface area (Å²) in [4.78, 5) is 12.2. The molecular formula is C15H14O2. The van der Waals surface area contributed by atoms with Crippen molar-refractivity contribution in [3.05, 3.63) is 35.9 Å². The number of benzene rings is 1. The third-order valence-electron chi connectivity index (χ3n) is 6.22. The van der Waals surface area contributed by atoms with E-state index >= 15 is 0 Å². The van der Waals surface area contributed by atoms with Gasteiger partial charge < -0.3 is 4.74 Å². The van der Waals surface area contributed by atoms with Crippen molar-refractivity contribution in [3.63, 3.8) is 0 Å². The highest BCUT2D eigenvalue weighted by atomic mass is 16.5. The molecule has 1 aromatic rings. The highest BCUT2D eigenvalue weighted by molar-refractivity contribution is 5.92. The van der Waals surface area contributed by atoms with Gasteiger partial charge in [-0.25, -0.2) is 0 Å². The van der Waals surface area contributed by atoms with Gasteiger partial charge in [0.15, 0.2) is 0 Å². The molecule has 2 bridgehead atoms. The lowest BCUT2D eigenvalue weighted by Crippen LogP contribution is -2.42. The van der Waals surface area contributed by atoms with Crippen LogP contribution in [0.15, 0.2) is 30.3 Å². The summed E-state index contributed by atoms with van der Waals surface area (Å²) in [6.45, 7) is 0. The predicted octanol–water partition coefficient (Wildman–Crippen LogP) is 1.99. The molecule has 0 N–H and O–H groups in total. The van der Waals surface area contributed by atoms with E-state index in [1.165, 1.54) is 19.1 Å². The molecule has 5 aliphatic rings. The van der Waals surface area contributed by atoms with Crippen LogP contribution >= 0.6 is 0 Å². The van der Waals surface area contributed by atoms with Crippen molar-refractivity contribution >= 4 is 5.97 Å². The average molecular weight is 226 g/mol. The predicted molar refractivity (Wildman–Crippen MR) is 61.1 cm³/mol. The Hall–Kier alpha value is -1.31. The van der Waals surface area contributed by atoms with Gasteiger partial charge in [-0.15, -0.1) is 0 Å². The van der Waals surface area contributed by atoms with Crippen LogP contribution in [0, 0.1) is 29.1 Å². The summed E-state index contributed by atoms with van der Waals surface area (Å²) < 4.78 is 5.10. The molecule has 6 rings (SSSR count). The smallest absolute Gasteiger partial charge is 0.313 e. The summed E-state index contributed by atoms with van der Waals surface area (Å²) in [5, 5.41) is 0. The van der Waals surface area contributed by atoms with Crippen molar-refractivity contribution in [1.29, 1.82) is 0 Å². The molecule has 2 heteroatoms. The van der Waals surface area contributed by atoms with E-state index in [0.717, 1.165) is 11.8 Å². The number of rotatable bonds is 2. The molecule has 6 unspecified atom stereocenters. The van der Waals surface area contributed by atoms with Gasteiger partial charge in [-0.3, -0.25) is 4.79 Å². The van der Waals surface area contributed by atoms with Crippen LogP contribution in [0.2, 0.25) is 0 Å². The van der Waals surface area contributed by atoms with Gasteiger partial charge in [-0.1, -0.05) is 30.3 Å². The SMILES string of the molecule is COC(=O)C12C3CC4C(C31)C42c1ccccc1. The first-order valence-corrected chi connectivity index (χ1v) is 6.45. The second-order valence-electron chi connectivity index (χ2n) is 6.10. The molecule has 0 spiro atoms. The van der Waals surface area contributed by atoms with Gasteiger partial charge in [0.2, 0.25) is 0 Å². The Bertz CT molecular complexity index is 539. The summed E-state index contributed by atoms with van der Waals surface area (Å²) >= 11 is 0. The van der Waals surface area contributed by atoms with E-state index in [1.807, 2.05) is 0 Å². The van der Waals surface area contributed by atoms with Gasteiger partial charge in [0.05, 0.1) is 12.5 Å². The van der Waals surface area contributed by atoms with Crippen LogP contribution in [-0.4, -0.2) is 13.1 Å². The van der Waals surface area contributed by atoms with Gasteiger partial charge in [-0.2, -0.15) is 0 Å². The largest absolute Gasteiger partial charge is 0.469 e. The van der Waals surface area contributed by atoms with Crippen LogP contribution in [0.25, 0.3) is 0 Å². The van der Waals surface area contributed by atoms with Gasteiger partial charge in [0.1, 0.15) is 0 Å². The fourth-order valence-corrected chi connectivity index (χ4v) is 6.04. The topological polar surface area (TPSA) is 26.3 Å². The monoisotopic (exact) mass is 226 g/mol. The van der Waals surface area contributed by atoms with E-state index in [0.29, 0.717) is 11.8 Å². The molecule has 0 aromatic heterocycles. The number of hydrogen-bond donors (Lipinski definition) is 0. The van der Waals surface area contributed by atoms with Gasteiger partial charge in [0.25, 0.3) is 0 Å². The number of carbonyl (C=O) groups is 1. The maximum absolute atomic E-state index is 12.2. The molecule has 86 valence electrons. The first kappa shape index (κ1) is 8.73. The molecule has 17 heavy (non-hydrogen) atoms. The number of methoxy groups -OCH3 is 1. The Balaban J connectivity index is 1.70. The lowest BCUT2D eigenvalue weighted by atomic mass is 9.68. The van der Waals surface area contributed by atoms with Gasteiger partial charge >= 0.3 is 5.97 Å². The lowest BCUT2D eigenvalue weighted by molar-refractivity contribution is -0.152. The average Bonchev–Trinajstić information content (AvgIpc) is 3.01.